The van der Waals surface area contributed by atoms with Gasteiger partial charge in [-0.15, -0.1) is 11.8 Å². The summed E-state index contributed by atoms with van der Waals surface area (Å²) >= 11 is 1.59. The van der Waals surface area contributed by atoms with E-state index in [4.69, 9.17) is 11.5 Å². The Balaban J connectivity index is 1.37. The van der Waals surface area contributed by atoms with Crippen LogP contribution in [0.25, 0.3) is 0 Å². The predicted molar refractivity (Wildman–Crippen MR) is 133 cm³/mol. The second-order valence-electron chi connectivity index (χ2n) is 9.43. The number of rotatable bonds is 9. The molecule has 4 rings (SSSR count). The Morgan fingerprint density at radius 3 is 2.56 bits per heavy atom. The highest BCUT2D eigenvalue weighted by atomic mass is 32.2. The van der Waals surface area contributed by atoms with Gasteiger partial charge in [0.2, 0.25) is 0 Å². The Hall–Kier alpha value is -1.46. The second-order valence-corrected chi connectivity index (χ2v) is 10.7. The monoisotopic (exact) mass is 498 g/mol. The lowest BCUT2D eigenvalue weighted by molar-refractivity contribution is -0.160. The summed E-state index contributed by atoms with van der Waals surface area (Å²) in [7, 11) is 0. The van der Waals surface area contributed by atoms with Gasteiger partial charge in [-0.05, 0) is 37.8 Å². The molecule has 0 aromatic carbocycles. The minimum absolute atomic E-state index is 0.0235. The quantitative estimate of drug-likeness (QED) is 0.389. The van der Waals surface area contributed by atoms with Gasteiger partial charge in [0.15, 0.2) is 0 Å². The molecule has 4 aliphatic rings. The second kappa shape index (κ2) is 11.5. The minimum atomic E-state index is -4.24. The molecule has 0 spiro atoms. The summed E-state index contributed by atoms with van der Waals surface area (Å²) in [6, 6.07) is 0.164. The van der Waals surface area contributed by atoms with Crippen molar-refractivity contribution in [3.63, 3.8) is 0 Å². The van der Waals surface area contributed by atoms with Crippen molar-refractivity contribution in [1.82, 2.24) is 20.4 Å². The lowest BCUT2D eigenvalue weighted by atomic mass is 9.94. The zero-order valence-electron chi connectivity index (χ0n) is 19.6. The fourth-order valence-electron chi connectivity index (χ4n) is 5.03. The van der Waals surface area contributed by atoms with Gasteiger partial charge in [-0.1, -0.05) is 12.2 Å². The molecule has 1 saturated heterocycles. The van der Waals surface area contributed by atoms with Gasteiger partial charge in [0.05, 0.1) is 22.6 Å². The maximum atomic E-state index is 13.7. The third-order valence-corrected chi connectivity index (χ3v) is 8.36. The van der Waals surface area contributed by atoms with Crippen LogP contribution in [0.15, 0.2) is 46.3 Å². The van der Waals surface area contributed by atoms with Crippen LogP contribution in [-0.2, 0) is 0 Å². The molecule has 0 bridgehead atoms. The number of allylic oxidation sites excluding steroid dienone is 5. The number of fused-ring (bicyclic) bond motifs is 1. The molecule has 2 heterocycles. The first-order chi connectivity index (χ1) is 16.4. The number of nitrogens with zero attached hydrogens (tertiary/aromatic N) is 2. The molecule has 2 aliphatic carbocycles. The van der Waals surface area contributed by atoms with Crippen molar-refractivity contribution in [2.75, 3.05) is 52.4 Å². The topological polar surface area (TPSA) is 82.6 Å². The van der Waals surface area contributed by atoms with Crippen LogP contribution in [-0.4, -0.2) is 79.6 Å². The van der Waals surface area contributed by atoms with Gasteiger partial charge < -0.3 is 27.0 Å². The van der Waals surface area contributed by atoms with Gasteiger partial charge in [0.25, 0.3) is 0 Å². The van der Waals surface area contributed by atoms with Crippen LogP contribution in [0.4, 0.5) is 13.2 Å². The Bertz CT molecular complexity index is 823. The number of nitrogens with two attached hydrogens (primary N) is 2. The molecule has 2 unspecified atom stereocenters. The van der Waals surface area contributed by atoms with Gasteiger partial charge >= 0.3 is 6.18 Å². The fourth-order valence-corrected chi connectivity index (χ4v) is 6.40. The molecule has 190 valence electrons. The molecule has 0 saturated carbocycles. The highest BCUT2D eigenvalue weighted by Crippen LogP contribution is 2.47. The van der Waals surface area contributed by atoms with Crippen LogP contribution in [0.3, 0.4) is 0 Å². The smallest absolute Gasteiger partial charge is 0.381 e. The normalized spacial score (nSPS) is 26.1. The minimum Gasteiger partial charge on any atom is -0.381 e. The number of alkyl halides is 3. The third-order valence-electron chi connectivity index (χ3n) is 6.97. The molecule has 10 heteroatoms. The molecule has 0 aromatic heterocycles. The summed E-state index contributed by atoms with van der Waals surface area (Å²) in [5.74, 6) is -1.44. The lowest BCUT2D eigenvalue weighted by Gasteiger charge is -2.39. The summed E-state index contributed by atoms with van der Waals surface area (Å²) in [6.07, 6.45) is 5.97. The first-order valence-electron chi connectivity index (χ1n) is 12.3. The Labute approximate surface area is 204 Å². The zero-order valence-corrected chi connectivity index (χ0v) is 20.4. The molecule has 6 N–H and O–H groups in total. The summed E-state index contributed by atoms with van der Waals surface area (Å²) in [5, 5.41) is 7.14. The van der Waals surface area contributed by atoms with Gasteiger partial charge in [0.1, 0.15) is 0 Å². The predicted octanol–water partition coefficient (Wildman–Crippen LogP) is 2.49. The van der Waals surface area contributed by atoms with Gasteiger partial charge in [-0.25, -0.2) is 0 Å². The van der Waals surface area contributed by atoms with Crippen LogP contribution in [0.2, 0.25) is 0 Å². The maximum Gasteiger partial charge on any atom is 0.395 e. The van der Waals surface area contributed by atoms with E-state index in [0.29, 0.717) is 18.8 Å². The van der Waals surface area contributed by atoms with E-state index in [1.165, 1.54) is 6.08 Å². The highest BCUT2D eigenvalue weighted by Gasteiger charge is 2.43. The summed E-state index contributed by atoms with van der Waals surface area (Å²) < 4.78 is 41.2. The van der Waals surface area contributed by atoms with Crippen molar-refractivity contribution in [3.05, 3.63) is 46.3 Å². The van der Waals surface area contributed by atoms with E-state index in [1.54, 1.807) is 11.8 Å². The van der Waals surface area contributed by atoms with Gasteiger partial charge in [-0.2, -0.15) is 13.2 Å². The highest BCUT2D eigenvalue weighted by molar-refractivity contribution is 8.03. The lowest BCUT2D eigenvalue weighted by Crippen LogP contribution is -2.47. The van der Waals surface area contributed by atoms with E-state index < -0.39 is 12.1 Å². The van der Waals surface area contributed by atoms with E-state index >= 15 is 0 Å². The molecule has 6 nitrogen and oxygen atoms in total. The van der Waals surface area contributed by atoms with Crippen molar-refractivity contribution >= 4 is 11.8 Å². The van der Waals surface area contributed by atoms with Crippen LogP contribution in [0.5, 0.6) is 0 Å². The molecule has 34 heavy (non-hydrogen) atoms. The summed E-state index contributed by atoms with van der Waals surface area (Å²) in [5.41, 5.74) is 13.9. The van der Waals surface area contributed by atoms with Crippen LogP contribution < -0.4 is 22.1 Å². The molecule has 1 fully saturated rings. The first kappa shape index (κ1) is 25.6. The largest absolute Gasteiger partial charge is 0.395 e. The average molecular weight is 499 g/mol. The van der Waals surface area contributed by atoms with Crippen LogP contribution in [0, 0.1) is 5.92 Å². The Kier molecular flexibility index (Phi) is 8.68. The van der Waals surface area contributed by atoms with E-state index in [-0.39, 0.29) is 17.7 Å². The molecular weight excluding hydrogens is 461 g/mol. The van der Waals surface area contributed by atoms with Crippen molar-refractivity contribution in [3.8, 4) is 0 Å². The first-order valence-corrected chi connectivity index (χ1v) is 13.2. The SMILES string of the molecule is NCCN(CCN)CCN1CCC(NC2=CC(C(F)(F)F)CC3=C2NC2=CC=CCC2S3)CC1. The molecule has 0 aromatic rings. The van der Waals surface area contributed by atoms with Crippen molar-refractivity contribution in [2.45, 2.75) is 43.2 Å². The molecule has 0 radical (unpaired) electrons. The molecule has 2 atom stereocenters. The fraction of sp³-hybridized carbons (Fsp3) is 0.667. The Morgan fingerprint density at radius 1 is 1.15 bits per heavy atom. The summed E-state index contributed by atoms with van der Waals surface area (Å²) in [6.45, 7) is 6.70. The van der Waals surface area contributed by atoms with E-state index in [0.717, 1.165) is 74.8 Å². The van der Waals surface area contributed by atoms with E-state index in [9.17, 15) is 13.2 Å². The van der Waals surface area contributed by atoms with Crippen molar-refractivity contribution in [1.29, 1.82) is 0 Å². The standard InChI is InChI=1S/C24H37F3N6S/c25-24(26,27)17-15-20(23-22(16-17)34-21-4-2-1-3-19(21)31-23)30-18-5-9-32(10-6-18)13-14-33(11-7-28)12-8-29/h1-3,15,17-18,21,30-31H,4-14,16,28-29H2. The number of piperidine rings is 1. The Morgan fingerprint density at radius 2 is 1.88 bits per heavy atom. The molecule has 0 amide bonds. The van der Waals surface area contributed by atoms with Crippen LogP contribution in [0.1, 0.15) is 25.7 Å². The number of nitrogens with one attached hydrogen (secondary N) is 2. The van der Waals surface area contributed by atoms with Crippen LogP contribution >= 0.6 is 11.8 Å². The molecular formula is C24H37F3N6S. The number of thioether (sulfide) groups is 1. The van der Waals surface area contributed by atoms with Gasteiger partial charge in [-0.3, -0.25) is 4.90 Å². The van der Waals surface area contributed by atoms with Crippen molar-refractivity contribution < 1.29 is 13.2 Å². The van der Waals surface area contributed by atoms with E-state index in [2.05, 4.69) is 26.5 Å². The van der Waals surface area contributed by atoms with Crippen molar-refractivity contribution in [2.24, 2.45) is 17.4 Å². The number of hydrogen-bond acceptors (Lipinski definition) is 7. The molecule has 2 aliphatic heterocycles. The third kappa shape index (κ3) is 6.40. The zero-order chi connectivity index (χ0) is 24.1. The van der Waals surface area contributed by atoms with E-state index in [1.807, 2.05) is 12.2 Å². The maximum absolute atomic E-state index is 13.7. The number of hydrogen-bond donors (Lipinski definition) is 4. The average Bonchev–Trinajstić information content (AvgIpc) is 2.82. The summed E-state index contributed by atoms with van der Waals surface area (Å²) in [4.78, 5) is 5.54. The number of halogens is 3. The number of likely N-dealkylation sites (tertiary alicyclic amines) is 1. The van der Waals surface area contributed by atoms with Gasteiger partial charge in [0, 0.05) is 69.0 Å².